The number of nitrogens with zero attached hydrogens (tertiary/aromatic N) is 1. The van der Waals surface area contributed by atoms with Crippen LogP contribution in [0.5, 0.6) is 0 Å². The summed E-state index contributed by atoms with van der Waals surface area (Å²) < 4.78 is 0. The minimum atomic E-state index is 0.921. The van der Waals surface area contributed by atoms with Crippen LogP contribution in [-0.2, 0) is 38.5 Å². The molecule has 7 rings (SSSR count). The summed E-state index contributed by atoms with van der Waals surface area (Å²) in [7, 11) is 0. The maximum atomic E-state index is 5.77. The van der Waals surface area contributed by atoms with Gasteiger partial charge in [-0.2, -0.15) is 0 Å². The molecule has 0 saturated carbocycles. The molecule has 4 heteroatoms. The van der Waals surface area contributed by atoms with Gasteiger partial charge in [0.15, 0.2) is 0 Å². The molecule has 0 fully saturated rings. The van der Waals surface area contributed by atoms with Gasteiger partial charge in [0, 0.05) is 22.2 Å². The van der Waals surface area contributed by atoms with Crippen molar-refractivity contribution in [2.24, 2.45) is 0 Å². The fourth-order valence-electron chi connectivity index (χ4n) is 9.11. The topological polar surface area (TPSA) is 60.3 Å². The number of nitrogens with one attached hydrogen (secondary N) is 3. The van der Waals surface area contributed by atoms with E-state index in [0.29, 0.717) is 0 Å². The Kier molecular flexibility index (Phi) is 9.79. The molecule has 5 heterocycles. The Hall–Kier alpha value is -4.83. The highest BCUT2D eigenvalue weighted by atomic mass is 14.8. The fraction of sp³-hybridized carbons (Fsp3) is 0.340. The van der Waals surface area contributed by atoms with Crippen molar-refractivity contribution >= 4 is 44.2 Å². The Bertz CT molecular complexity index is 2380. The van der Waals surface area contributed by atoms with Crippen molar-refractivity contribution in [2.45, 2.75) is 107 Å². The van der Waals surface area contributed by atoms with Crippen molar-refractivity contribution in [3.05, 3.63) is 111 Å². The summed E-state index contributed by atoms with van der Waals surface area (Å²) in [5.41, 5.74) is 25.4. The number of benzene rings is 2. The van der Waals surface area contributed by atoms with E-state index in [9.17, 15) is 0 Å². The third-order valence-corrected chi connectivity index (χ3v) is 11.3. The molecule has 1 aliphatic rings. The highest BCUT2D eigenvalue weighted by molar-refractivity contribution is 6.05. The first-order valence-corrected chi connectivity index (χ1v) is 19.6. The first-order chi connectivity index (χ1) is 25.0. The second-order valence-corrected chi connectivity index (χ2v) is 13.8. The van der Waals surface area contributed by atoms with Crippen molar-refractivity contribution in [1.82, 2.24) is 19.9 Å². The Morgan fingerprint density at radius 2 is 0.784 bits per heavy atom. The van der Waals surface area contributed by atoms with Crippen LogP contribution in [0.15, 0.2) is 66.7 Å². The van der Waals surface area contributed by atoms with E-state index in [1.54, 1.807) is 0 Å². The zero-order valence-corrected chi connectivity index (χ0v) is 32.0. The third-order valence-electron chi connectivity index (χ3n) is 11.3. The van der Waals surface area contributed by atoms with Crippen molar-refractivity contribution in [2.75, 3.05) is 0 Å². The largest absolute Gasteiger partial charge is 0.354 e. The van der Waals surface area contributed by atoms with Gasteiger partial charge < -0.3 is 15.0 Å². The number of hydrogen-bond acceptors (Lipinski definition) is 1. The van der Waals surface area contributed by atoms with Crippen molar-refractivity contribution in [3.8, 4) is 22.3 Å². The molecule has 4 aromatic heterocycles. The van der Waals surface area contributed by atoms with Gasteiger partial charge in [-0.25, -0.2) is 4.98 Å². The Morgan fingerprint density at radius 1 is 0.392 bits per heavy atom. The van der Waals surface area contributed by atoms with Crippen LogP contribution in [0.1, 0.15) is 113 Å². The summed E-state index contributed by atoms with van der Waals surface area (Å²) in [6.07, 6.45) is 7.52. The van der Waals surface area contributed by atoms with Gasteiger partial charge in [-0.05, 0) is 113 Å². The maximum absolute atomic E-state index is 5.77. The Labute approximate surface area is 303 Å². The van der Waals surface area contributed by atoms with Gasteiger partial charge >= 0.3 is 0 Å². The highest BCUT2D eigenvalue weighted by Gasteiger charge is 2.27. The number of H-pyrrole nitrogens is 3. The third kappa shape index (κ3) is 5.55. The lowest BCUT2D eigenvalue weighted by Crippen LogP contribution is -1.92. The van der Waals surface area contributed by atoms with Gasteiger partial charge in [0.05, 0.1) is 33.5 Å². The second kappa shape index (κ2) is 14.4. The Balaban J connectivity index is 1.87. The molecule has 2 aromatic carbocycles. The molecular weight excluding hydrogens is 621 g/mol. The fourth-order valence-corrected chi connectivity index (χ4v) is 9.11. The number of rotatable bonds is 10. The van der Waals surface area contributed by atoms with Crippen LogP contribution in [0.2, 0.25) is 0 Å². The van der Waals surface area contributed by atoms with E-state index in [1.165, 1.54) is 99.9 Å². The van der Waals surface area contributed by atoms with Crippen LogP contribution in [0.3, 0.4) is 0 Å². The number of hydrogen-bond donors (Lipinski definition) is 3. The molecule has 8 bridgehead atoms. The van der Waals surface area contributed by atoms with E-state index in [0.717, 1.165) is 62.8 Å². The number of allylic oxidation sites excluding steroid dienone is 2. The van der Waals surface area contributed by atoms with Gasteiger partial charge in [0.25, 0.3) is 0 Å². The zero-order valence-electron chi connectivity index (χ0n) is 32.0. The lowest BCUT2D eigenvalue weighted by molar-refractivity contribution is 1.07. The van der Waals surface area contributed by atoms with Crippen LogP contribution in [0, 0.1) is 0 Å². The van der Waals surface area contributed by atoms with E-state index < -0.39 is 0 Å². The predicted molar refractivity (Wildman–Crippen MR) is 221 cm³/mol. The maximum Gasteiger partial charge on any atom is 0.0910 e. The number of aryl methyl sites for hydroxylation is 6. The molecule has 262 valence electrons. The quantitative estimate of drug-likeness (QED) is 0.133. The average Bonchev–Trinajstić information content (AvgIpc) is 3.91. The molecule has 3 N–H and O–H groups in total. The molecule has 0 atom stereocenters. The molecule has 0 radical (unpaired) electrons. The van der Waals surface area contributed by atoms with Crippen LogP contribution < -0.4 is 0 Å². The van der Waals surface area contributed by atoms with Gasteiger partial charge in [-0.15, -0.1) is 0 Å². The first kappa shape index (κ1) is 34.6. The van der Waals surface area contributed by atoms with Crippen molar-refractivity contribution in [3.63, 3.8) is 0 Å². The molecule has 0 spiro atoms. The molecular formula is C47H54N4. The molecule has 1 aliphatic heterocycles. The molecule has 0 saturated heterocycles. The summed E-state index contributed by atoms with van der Waals surface area (Å²) in [6.45, 7) is 18.4. The summed E-state index contributed by atoms with van der Waals surface area (Å²) in [5, 5.41) is 0. The summed E-state index contributed by atoms with van der Waals surface area (Å²) in [6, 6.07) is 24.4. The standard InChI is InChI=1S/C47H54N4/c1-9-30-32(11-3)42-40(28-23-19-17-20-24-28)44-34(13-5)36(15-7)46(50-44)47-37(16-8)35(14-6)45(51-47)41(29-25-21-18-22-26-29)43-33(12-4)31(10-2)39(49-43)27-38(30)48-42/h17-27,48-50H,9-16H2,1-8H3. The van der Waals surface area contributed by atoms with Crippen LogP contribution in [0.4, 0.5) is 0 Å². The van der Waals surface area contributed by atoms with Crippen LogP contribution in [-0.4, -0.2) is 19.9 Å². The molecule has 51 heavy (non-hydrogen) atoms. The van der Waals surface area contributed by atoms with Gasteiger partial charge in [0.1, 0.15) is 0 Å². The minimum absolute atomic E-state index is 0.921. The Morgan fingerprint density at radius 3 is 1.25 bits per heavy atom. The lowest BCUT2D eigenvalue weighted by atomic mass is 9.92. The molecule has 6 aromatic rings. The first-order valence-electron chi connectivity index (χ1n) is 19.6. The van der Waals surface area contributed by atoms with Crippen molar-refractivity contribution in [1.29, 1.82) is 0 Å². The lowest BCUT2D eigenvalue weighted by Gasteiger charge is -2.10. The summed E-state index contributed by atoms with van der Waals surface area (Å²) in [4.78, 5) is 18.0. The monoisotopic (exact) mass is 674 g/mol. The van der Waals surface area contributed by atoms with E-state index in [4.69, 9.17) is 4.98 Å². The average molecular weight is 675 g/mol. The van der Waals surface area contributed by atoms with Crippen LogP contribution in [0.25, 0.3) is 66.5 Å². The normalized spacial score (nSPS) is 12.5. The number of aromatic amines is 3. The van der Waals surface area contributed by atoms with Crippen LogP contribution >= 0.6 is 0 Å². The van der Waals surface area contributed by atoms with E-state index in [1.807, 2.05) is 0 Å². The van der Waals surface area contributed by atoms with E-state index in [2.05, 4.69) is 137 Å². The van der Waals surface area contributed by atoms with E-state index in [-0.39, 0.29) is 0 Å². The predicted octanol–water partition coefficient (Wildman–Crippen LogP) is 13.0. The molecule has 4 nitrogen and oxygen atoms in total. The minimum Gasteiger partial charge on any atom is -0.354 e. The van der Waals surface area contributed by atoms with Gasteiger partial charge in [-0.3, -0.25) is 0 Å². The second-order valence-electron chi connectivity index (χ2n) is 13.8. The van der Waals surface area contributed by atoms with Gasteiger partial charge in [0.2, 0.25) is 0 Å². The highest BCUT2D eigenvalue weighted by Crippen LogP contribution is 2.45. The SMILES string of the molecule is CCC1=C(CC)c2nc1c(-c1ccccc1)c1[nH]c(cc3[nH]c(c(CC)c3CC)c(-c3ccccc3)c3[nH]c2c(CC)c3CC)c(CC)c1CC. The summed E-state index contributed by atoms with van der Waals surface area (Å²) >= 11 is 0. The van der Waals surface area contributed by atoms with Crippen molar-refractivity contribution < 1.29 is 0 Å². The molecule has 0 unspecified atom stereocenters. The van der Waals surface area contributed by atoms with E-state index >= 15 is 0 Å². The zero-order chi connectivity index (χ0) is 35.8. The summed E-state index contributed by atoms with van der Waals surface area (Å²) in [5.74, 6) is 0. The molecule has 0 aliphatic carbocycles. The smallest absolute Gasteiger partial charge is 0.0910 e. The van der Waals surface area contributed by atoms with Gasteiger partial charge in [-0.1, -0.05) is 116 Å². The number of fused-ring (bicyclic) bond motifs is 9. The molecule has 0 amide bonds. The number of aromatic nitrogens is 4.